The molecular weight excluding hydrogens is 255 g/mol. The van der Waals surface area contributed by atoms with E-state index in [1.54, 1.807) is 30.3 Å². The lowest BCUT2D eigenvalue weighted by atomic mass is 10.1. The summed E-state index contributed by atoms with van der Waals surface area (Å²) in [6.07, 6.45) is 0. The molecule has 4 heteroatoms. The molecule has 0 spiro atoms. The van der Waals surface area contributed by atoms with E-state index in [4.69, 9.17) is 10.00 Å². The van der Waals surface area contributed by atoms with Gasteiger partial charge in [0.1, 0.15) is 11.6 Å². The predicted molar refractivity (Wildman–Crippen MR) is 76.2 cm³/mol. The Labute approximate surface area is 117 Å². The first kappa shape index (κ1) is 13.9. The molecule has 0 radical (unpaired) electrons. The van der Waals surface area contributed by atoms with Gasteiger partial charge in [-0.3, -0.25) is 0 Å². The normalized spacial score (nSPS) is 9.90. The van der Waals surface area contributed by atoms with Gasteiger partial charge < -0.3 is 10.1 Å². The zero-order valence-corrected chi connectivity index (χ0v) is 11.4. The second kappa shape index (κ2) is 6.07. The Balaban J connectivity index is 2.19. The van der Waals surface area contributed by atoms with E-state index in [1.807, 2.05) is 6.92 Å². The number of nitrogens with one attached hydrogen (secondary N) is 1. The van der Waals surface area contributed by atoms with Crippen molar-refractivity contribution in [1.82, 2.24) is 0 Å². The molecule has 0 aliphatic heterocycles. The van der Waals surface area contributed by atoms with E-state index in [-0.39, 0.29) is 5.82 Å². The summed E-state index contributed by atoms with van der Waals surface area (Å²) in [4.78, 5) is 0. The van der Waals surface area contributed by atoms with E-state index in [0.717, 1.165) is 11.3 Å². The predicted octanol–water partition coefficient (Wildman–Crippen LogP) is 3.63. The van der Waals surface area contributed by atoms with Gasteiger partial charge in [-0.25, -0.2) is 4.39 Å². The van der Waals surface area contributed by atoms with Crippen molar-refractivity contribution in [3.63, 3.8) is 0 Å². The summed E-state index contributed by atoms with van der Waals surface area (Å²) in [7, 11) is 1.54. The average Bonchev–Trinajstić information content (AvgIpc) is 2.48. The number of anilines is 1. The summed E-state index contributed by atoms with van der Waals surface area (Å²) in [5, 5.41) is 12.0. The van der Waals surface area contributed by atoms with Crippen LogP contribution in [0.1, 0.15) is 16.7 Å². The molecule has 0 saturated heterocycles. The van der Waals surface area contributed by atoms with Crippen LogP contribution in [0.2, 0.25) is 0 Å². The van der Waals surface area contributed by atoms with Gasteiger partial charge in [0.2, 0.25) is 0 Å². The van der Waals surface area contributed by atoms with Crippen LogP contribution in [0.4, 0.5) is 10.1 Å². The molecule has 0 amide bonds. The molecule has 2 aromatic rings. The SMILES string of the molecule is COc1cc(C#N)ccc1NCc1cc(C)ccc1F. The second-order valence-corrected chi connectivity index (χ2v) is 4.48. The lowest BCUT2D eigenvalue weighted by molar-refractivity contribution is 0.416. The molecule has 2 aromatic carbocycles. The van der Waals surface area contributed by atoms with Crippen molar-refractivity contribution in [3.05, 3.63) is 58.9 Å². The maximum atomic E-state index is 13.7. The highest BCUT2D eigenvalue weighted by Crippen LogP contribution is 2.26. The van der Waals surface area contributed by atoms with Crippen molar-refractivity contribution < 1.29 is 9.13 Å². The number of rotatable bonds is 4. The fourth-order valence-electron chi connectivity index (χ4n) is 1.94. The highest BCUT2D eigenvalue weighted by Gasteiger charge is 2.06. The van der Waals surface area contributed by atoms with Gasteiger partial charge in [-0.1, -0.05) is 17.7 Å². The van der Waals surface area contributed by atoms with E-state index in [1.165, 1.54) is 13.2 Å². The average molecular weight is 270 g/mol. The monoisotopic (exact) mass is 270 g/mol. The number of hydrogen-bond donors (Lipinski definition) is 1. The zero-order valence-electron chi connectivity index (χ0n) is 11.4. The Morgan fingerprint density at radius 3 is 2.75 bits per heavy atom. The lowest BCUT2D eigenvalue weighted by Crippen LogP contribution is -2.04. The summed E-state index contributed by atoms with van der Waals surface area (Å²) in [5.74, 6) is 0.327. The highest BCUT2D eigenvalue weighted by molar-refractivity contribution is 5.59. The number of halogens is 1. The molecule has 2 rings (SSSR count). The molecule has 0 saturated carbocycles. The molecule has 0 heterocycles. The standard InChI is InChI=1S/C16H15FN2O/c1-11-3-5-14(17)13(7-11)10-19-15-6-4-12(9-18)8-16(15)20-2/h3-8,19H,10H2,1-2H3. The number of ether oxygens (including phenoxy) is 1. The summed E-state index contributed by atoms with van der Waals surface area (Å²) in [5.41, 5.74) is 2.85. The van der Waals surface area contributed by atoms with Crippen LogP contribution in [0.15, 0.2) is 36.4 Å². The fourth-order valence-corrected chi connectivity index (χ4v) is 1.94. The number of methoxy groups -OCH3 is 1. The zero-order chi connectivity index (χ0) is 14.5. The molecule has 3 nitrogen and oxygen atoms in total. The summed E-state index contributed by atoms with van der Waals surface area (Å²) in [6, 6.07) is 12.1. The Morgan fingerprint density at radius 2 is 2.05 bits per heavy atom. The third-order valence-electron chi connectivity index (χ3n) is 3.00. The maximum Gasteiger partial charge on any atom is 0.143 e. The molecule has 0 unspecified atom stereocenters. The molecule has 0 aliphatic rings. The second-order valence-electron chi connectivity index (χ2n) is 4.48. The summed E-state index contributed by atoms with van der Waals surface area (Å²) < 4.78 is 18.9. The number of benzene rings is 2. The quantitative estimate of drug-likeness (QED) is 0.922. The molecule has 0 bridgehead atoms. The van der Waals surface area contributed by atoms with E-state index < -0.39 is 0 Å². The third-order valence-corrected chi connectivity index (χ3v) is 3.00. The first-order chi connectivity index (χ1) is 9.63. The van der Waals surface area contributed by atoms with Gasteiger partial charge in [-0.15, -0.1) is 0 Å². The van der Waals surface area contributed by atoms with Crippen molar-refractivity contribution in [1.29, 1.82) is 5.26 Å². The minimum atomic E-state index is -0.240. The van der Waals surface area contributed by atoms with E-state index >= 15 is 0 Å². The first-order valence-electron chi connectivity index (χ1n) is 6.21. The van der Waals surface area contributed by atoms with Crippen LogP contribution in [0.25, 0.3) is 0 Å². The minimum Gasteiger partial charge on any atom is -0.495 e. The van der Waals surface area contributed by atoms with Crippen LogP contribution >= 0.6 is 0 Å². The summed E-state index contributed by atoms with van der Waals surface area (Å²) in [6.45, 7) is 2.28. The molecule has 102 valence electrons. The minimum absolute atomic E-state index is 0.240. The van der Waals surface area contributed by atoms with Crippen LogP contribution in [0.5, 0.6) is 5.75 Å². The van der Waals surface area contributed by atoms with Crippen LogP contribution in [0, 0.1) is 24.1 Å². The highest BCUT2D eigenvalue weighted by atomic mass is 19.1. The van der Waals surface area contributed by atoms with Gasteiger partial charge in [0.15, 0.2) is 0 Å². The fraction of sp³-hybridized carbons (Fsp3) is 0.188. The lowest BCUT2D eigenvalue weighted by Gasteiger charge is -2.12. The van der Waals surface area contributed by atoms with Gasteiger partial charge in [-0.2, -0.15) is 5.26 Å². The number of nitrogens with zero attached hydrogens (tertiary/aromatic N) is 1. The molecule has 20 heavy (non-hydrogen) atoms. The van der Waals surface area contributed by atoms with E-state index in [9.17, 15) is 4.39 Å². The Hall–Kier alpha value is -2.54. The third kappa shape index (κ3) is 3.07. The number of hydrogen-bond acceptors (Lipinski definition) is 3. The first-order valence-corrected chi connectivity index (χ1v) is 6.21. The van der Waals surface area contributed by atoms with Gasteiger partial charge in [0, 0.05) is 18.2 Å². The number of nitriles is 1. The van der Waals surface area contributed by atoms with Crippen molar-refractivity contribution in [2.75, 3.05) is 12.4 Å². The van der Waals surface area contributed by atoms with E-state index in [2.05, 4.69) is 11.4 Å². The molecule has 1 N–H and O–H groups in total. The van der Waals surface area contributed by atoms with Crippen LogP contribution < -0.4 is 10.1 Å². The van der Waals surface area contributed by atoms with Crippen molar-refractivity contribution >= 4 is 5.69 Å². The smallest absolute Gasteiger partial charge is 0.143 e. The molecule has 0 fully saturated rings. The maximum absolute atomic E-state index is 13.7. The molecular formula is C16H15FN2O. The Bertz CT molecular complexity index is 662. The van der Waals surface area contributed by atoms with Crippen molar-refractivity contribution in [3.8, 4) is 11.8 Å². The van der Waals surface area contributed by atoms with Gasteiger partial charge in [0.25, 0.3) is 0 Å². The van der Waals surface area contributed by atoms with Gasteiger partial charge in [0.05, 0.1) is 24.4 Å². The summed E-state index contributed by atoms with van der Waals surface area (Å²) >= 11 is 0. The van der Waals surface area contributed by atoms with Crippen LogP contribution in [0.3, 0.4) is 0 Å². The Kier molecular flexibility index (Phi) is 4.21. The van der Waals surface area contributed by atoms with Gasteiger partial charge in [-0.05, 0) is 25.1 Å². The van der Waals surface area contributed by atoms with Crippen molar-refractivity contribution in [2.24, 2.45) is 0 Å². The largest absolute Gasteiger partial charge is 0.495 e. The van der Waals surface area contributed by atoms with Crippen LogP contribution in [-0.4, -0.2) is 7.11 Å². The Morgan fingerprint density at radius 1 is 1.25 bits per heavy atom. The molecule has 0 aliphatic carbocycles. The van der Waals surface area contributed by atoms with E-state index in [0.29, 0.717) is 23.4 Å². The van der Waals surface area contributed by atoms with Crippen molar-refractivity contribution in [2.45, 2.75) is 13.5 Å². The topological polar surface area (TPSA) is 45.0 Å². The van der Waals surface area contributed by atoms with Gasteiger partial charge >= 0.3 is 0 Å². The molecule has 0 aromatic heterocycles. The number of aryl methyl sites for hydroxylation is 1. The van der Waals surface area contributed by atoms with Crippen LogP contribution in [-0.2, 0) is 6.54 Å². The molecule has 0 atom stereocenters.